The van der Waals surface area contributed by atoms with Crippen LogP contribution < -0.4 is 109 Å². The second-order valence-corrected chi connectivity index (χ2v) is 15.5. The molecule has 30 heteroatoms. The topological polar surface area (TPSA) is 530 Å². The van der Waals surface area contributed by atoms with Crippen molar-refractivity contribution >= 4 is 0 Å². The lowest BCUT2D eigenvalue weighted by Gasteiger charge is -2.42. The molecule has 0 bridgehead atoms. The van der Waals surface area contributed by atoms with E-state index in [1.54, 1.807) is 5.01 Å². The van der Waals surface area contributed by atoms with Gasteiger partial charge in [-0.1, -0.05) is 12.8 Å². The van der Waals surface area contributed by atoms with Gasteiger partial charge in [-0.2, -0.15) is 0 Å². The Kier molecular flexibility index (Phi) is 51.1. The molecular weight excluding hydrogens is 853 g/mol. The van der Waals surface area contributed by atoms with Crippen LogP contribution in [0, 0.1) is 0 Å². The van der Waals surface area contributed by atoms with Gasteiger partial charge in [-0.05, 0) is 12.8 Å². The number of hydrazine groups is 1. The van der Waals surface area contributed by atoms with Crippen molar-refractivity contribution in [1.82, 2.24) is 54.0 Å². The van der Waals surface area contributed by atoms with Crippen molar-refractivity contribution < 1.29 is 0 Å². The molecule has 1 aliphatic rings. The molecule has 1 saturated carbocycles. The molecule has 0 saturated heterocycles. The van der Waals surface area contributed by atoms with Crippen molar-refractivity contribution in [2.75, 3.05) is 199 Å². The lowest BCUT2D eigenvalue weighted by Crippen LogP contribution is -2.59. The third kappa shape index (κ3) is 34.2. The number of nitrogens with two attached hydrogens (primary N) is 19. The minimum absolute atomic E-state index is 0.288. The highest BCUT2D eigenvalue weighted by Crippen LogP contribution is 2.24. The van der Waals surface area contributed by atoms with Crippen LogP contribution in [0.4, 0.5) is 0 Å². The highest BCUT2D eigenvalue weighted by atomic mass is 15.5. The van der Waals surface area contributed by atoms with E-state index in [4.69, 9.17) is 109 Å². The van der Waals surface area contributed by atoms with Crippen LogP contribution in [0.1, 0.15) is 25.7 Å². The molecule has 0 spiro atoms. The van der Waals surface area contributed by atoms with Gasteiger partial charge in [0.1, 0.15) is 0 Å². The van der Waals surface area contributed by atoms with Crippen LogP contribution in [0.25, 0.3) is 0 Å². The molecule has 1 rings (SSSR count). The van der Waals surface area contributed by atoms with Gasteiger partial charge in [0.2, 0.25) is 0 Å². The van der Waals surface area contributed by atoms with Crippen LogP contribution in [0.5, 0.6) is 0 Å². The zero-order valence-corrected chi connectivity index (χ0v) is 41.1. The van der Waals surface area contributed by atoms with E-state index in [1.807, 2.05) is 29.4 Å². The van der Waals surface area contributed by atoms with E-state index in [1.165, 1.54) is 12.8 Å². The number of rotatable bonds is 38. The largest absolute Gasteiger partial charge is 0.318 e. The van der Waals surface area contributed by atoms with Crippen molar-refractivity contribution in [1.29, 1.82) is 0 Å². The van der Waals surface area contributed by atoms with Crippen molar-refractivity contribution in [2.24, 2.45) is 109 Å². The van der Waals surface area contributed by atoms with Crippen molar-refractivity contribution in [3.8, 4) is 0 Å². The maximum Gasteiger partial charge on any atom is 0.0597 e. The Morgan fingerprint density at radius 2 is 0.409 bits per heavy atom. The summed E-state index contributed by atoms with van der Waals surface area (Å²) in [6.07, 6.45) is 4.61. The van der Waals surface area contributed by atoms with Gasteiger partial charge >= 0.3 is 0 Å². The van der Waals surface area contributed by atoms with Crippen LogP contribution in [0.2, 0.25) is 0 Å². The number of hydrogen-bond acceptors (Lipinski definition) is 30. The first-order chi connectivity index (χ1) is 31.9. The Morgan fingerprint density at radius 1 is 0.227 bits per heavy atom. The van der Waals surface area contributed by atoms with E-state index < -0.39 is 0 Å². The monoisotopic (exact) mass is 961 g/mol. The molecule has 0 aromatic heterocycles. The van der Waals surface area contributed by atoms with E-state index >= 15 is 0 Å². The van der Waals surface area contributed by atoms with Gasteiger partial charge in [-0.3, -0.25) is 54.8 Å². The average molecular weight is 961 g/mol. The molecule has 402 valence electrons. The summed E-state index contributed by atoms with van der Waals surface area (Å²) in [5.74, 6) is 5.89. The highest BCUT2D eigenvalue weighted by Gasteiger charge is 2.31. The second kappa shape index (κ2) is 48.8. The van der Waals surface area contributed by atoms with Gasteiger partial charge in [-0.25, -0.2) is 5.01 Å². The minimum Gasteiger partial charge on any atom is -0.318 e. The SMILES string of the molecule is NCN(CN)CCN(CN)CCN(CN)CCN(CN)CN.NCN(CN)CCN(CN)CCN(CN)CN.NCN(CN)CCN(CN)CN.NCN(N)C1CCCCC1N(CN)CN. The van der Waals surface area contributed by atoms with Crippen molar-refractivity contribution in [3.05, 3.63) is 0 Å². The highest BCUT2D eigenvalue weighted by molar-refractivity contribution is 4.87. The molecule has 0 aliphatic heterocycles. The lowest BCUT2D eigenvalue weighted by atomic mass is 9.89. The molecule has 0 aromatic carbocycles. The Balaban J connectivity index is -0.000000820. The summed E-state index contributed by atoms with van der Waals surface area (Å²) in [5.41, 5.74) is 100. The third-order valence-electron chi connectivity index (χ3n) is 11.5. The minimum atomic E-state index is 0.288. The predicted molar refractivity (Wildman–Crippen MR) is 272 cm³/mol. The summed E-state index contributed by atoms with van der Waals surface area (Å²) in [6, 6.07) is 0.637. The van der Waals surface area contributed by atoms with Crippen LogP contribution in [-0.2, 0) is 0 Å². The zero-order valence-electron chi connectivity index (χ0n) is 41.1. The Labute approximate surface area is 398 Å². The van der Waals surface area contributed by atoms with E-state index in [2.05, 4.69) is 19.6 Å². The smallest absolute Gasteiger partial charge is 0.0597 e. The zero-order chi connectivity index (χ0) is 50.5. The summed E-state index contributed by atoms with van der Waals surface area (Å²) < 4.78 is 0. The summed E-state index contributed by atoms with van der Waals surface area (Å²) in [7, 11) is 0. The standard InChI is InChI=1S/C12H36N10.C9H28N8.C9H24N6.C6H20N6/c13-7-19(3-5-21(9-15)10-16)1-2-20(8-14)4-6-22(11-17)12-18;10-5-15(1-3-16(6-11)7-12)2-4-17(8-13)9-14;10-5-14(6-11)8-3-1-2-4-9(8)15(13)7-12;7-3-11(4-8)1-2-12(5-9)6-10/h1-18H2;1-14H2;8-9H,1-7,10-13H2;1-10H2. The van der Waals surface area contributed by atoms with Gasteiger partial charge in [-0.15, -0.1) is 0 Å². The first-order valence-corrected chi connectivity index (χ1v) is 23.3. The molecule has 30 nitrogen and oxygen atoms in total. The Morgan fingerprint density at radius 3 is 0.576 bits per heavy atom. The van der Waals surface area contributed by atoms with Gasteiger partial charge in [0.15, 0.2) is 0 Å². The van der Waals surface area contributed by atoms with Crippen LogP contribution in [0.15, 0.2) is 0 Å². The Bertz CT molecular complexity index is 889. The Hall–Kier alpha value is -1.20. The number of hydrogen-bond donors (Lipinski definition) is 19. The third-order valence-corrected chi connectivity index (χ3v) is 11.5. The van der Waals surface area contributed by atoms with E-state index in [-0.39, 0.29) is 6.04 Å². The van der Waals surface area contributed by atoms with Crippen molar-refractivity contribution in [3.63, 3.8) is 0 Å². The quantitative estimate of drug-likeness (QED) is 0.0155. The molecule has 1 fully saturated rings. The molecule has 66 heavy (non-hydrogen) atoms. The molecule has 0 aromatic rings. The van der Waals surface area contributed by atoms with Gasteiger partial charge in [0.25, 0.3) is 0 Å². The molecule has 0 amide bonds. The molecule has 0 heterocycles. The maximum atomic E-state index is 5.89. The molecule has 0 radical (unpaired) electrons. The second-order valence-electron chi connectivity index (χ2n) is 15.5. The molecule has 2 atom stereocenters. The summed E-state index contributed by atoms with van der Waals surface area (Å²) in [6.45, 7) is 18.3. The summed E-state index contributed by atoms with van der Waals surface area (Å²) in [4.78, 5) is 20.2. The maximum absolute atomic E-state index is 5.89. The molecule has 1 aliphatic carbocycles. The average Bonchev–Trinajstić information content (AvgIpc) is 3.36. The van der Waals surface area contributed by atoms with E-state index in [9.17, 15) is 0 Å². The van der Waals surface area contributed by atoms with Crippen LogP contribution in [-0.4, -0.2) is 265 Å². The fourth-order valence-corrected chi connectivity index (χ4v) is 6.51. The van der Waals surface area contributed by atoms with Crippen LogP contribution >= 0.6 is 0 Å². The number of nitrogens with zero attached hydrogens (tertiary/aromatic N) is 11. The molecular formula is C36H108N30. The van der Waals surface area contributed by atoms with E-state index in [0.29, 0.717) is 126 Å². The summed E-state index contributed by atoms with van der Waals surface area (Å²) in [5, 5.41) is 1.71. The molecule has 38 N–H and O–H groups in total. The first-order valence-electron chi connectivity index (χ1n) is 23.3. The lowest BCUT2D eigenvalue weighted by molar-refractivity contribution is 0.0510. The fourth-order valence-electron chi connectivity index (χ4n) is 6.51. The fraction of sp³-hybridized carbons (Fsp3) is 1.00. The molecule has 2 unspecified atom stereocenters. The van der Waals surface area contributed by atoms with Crippen LogP contribution in [0.3, 0.4) is 0 Å². The summed E-state index contributed by atoms with van der Waals surface area (Å²) >= 11 is 0. The predicted octanol–water partition coefficient (Wildman–Crippen LogP) is -12.1. The van der Waals surface area contributed by atoms with Gasteiger partial charge < -0.3 is 103 Å². The normalized spacial score (nSPS) is 15.5. The van der Waals surface area contributed by atoms with Crippen molar-refractivity contribution in [2.45, 2.75) is 37.8 Å². The van der Waals surface area contributed by atoms with E-state index in [0.717, 1.165) is 91.4 Å². The van der Waals surface area contributed by atoms with Gasteiger partial charge in [0.05, 0.1) is 6.67 Å². The van der Waals surface area contributed by atoms with Gasteiger partial charge in [0, 0.05) is 204 Å². The first kappa shape index (κ1) is 69.1.